The summed E-state index contributed by atoms with van der Waals surface area (Å²) in [6.45, 7) is 6.71. The molecule has 16 heavy (non-hydrogen) atoms. The molecule has 3 heteroatoms. The first kappa shape index (κ1) is 12.8. The lowest BCUT2D eigenvalue weighted by Crippen LogP contribution is -2.13. The zero-order valence-corrected chi connectivity index (χ0v) is 10.5. The maximum Gasteiger partial charge on any atom is 0.122 e. The molecular weight excluding hydrogens is 202 g/mol. The van der Waals surface area contributed by atoms with Crippen molar-refractivity contribution in [2.45, 2.75) is 32.6 Å². The van der Waals surface area contributed by atoms with E-state index in [1.54, 1.807) is 7.11 Å². The first-order valence-electron chi connectivity index (χ1n) is 5.50. The average Bonchev–Trinajstić information content (AvgIpc) is 2.19. The molecule has 0 aromatic heterocycles. The van der Waals surface area contributed by atoms with Crippen LogP contribution in [0.15, 0.2) is 12.1 Å². The van der Waals surface area contributed by atoms with Gasteiger partial charge in [0, 0.05) is 5.56 Å². The number of aromatic hydroxyl groups is 1. The predicted molar refractivity (Wildman–Crippen MR) is 66.1 cm³/mol. The summed E-state index contributed by atoms with van der Waals surface area (Å²) in [6.07, 6.45) is 0.659. The Labute approximate surface area is 97.2 Å². The minimum absolute atomic E-state index is 0.109. The van der Waals surface area contributed by atoms with Gasteiger partial charge in [0.05, 0.1) is 7.11 Å². The molecule has 3 N–H and O–H groups in total. The monoisotopic (exact) mass is 223 g/mol. The van der Waals surface area contributed by atoms with Crippen LogP contribution in [0.5, 0.6) is 11.5 Å². The molecule has 0 amide bonds. The second kappa shape index (κ2) is 4.74. The number of phenols is 1. The molecule has 0 aliphatic carbocycles. The number of hydrogen-bond donors (Lipinski definition) is 2. The number of rotatable bonds is 3. The van der Waals surface area contributed by atoms with Crippen LogP contribution in [0.3, 0.4) is 0 Å². The highest BCUT2D eigenvalue weighted by atomic mass is 16.5. The quantitative estimate of drug-likeness (QED) is 0.826. The van der Waals surface area contributed by atoms with Crippen LogP contribution in [0.2, 0.25) is 0 Å². The molecule has 0 saturated heterocycles. The van der Waals surface area contributed by atoms with Crippen LogP contribution in [0.1, 0.15) is 31.9 Å². The molecule has 0 spiro atoms. The average molecular weight is 223 g/mol. The number of nitrogens with two attached hydrogens (primary N) is 1. The molecule has 90 valence electrons. The lowest BCUT2D eigenvalue weighted by Gasteiger charge is -2.23. The molecule has 0 radical (unpaired) electrons. The molecule has 1 aromatic carbocycles. The fraction of sp³-hybridized carbons (Fsp3) is 0.538. The van der Waals surface area contributed by atoms with Gasteiger partial charge in [-0.15, -0.1) is 0 Å². The fourth-order valence-corrected chi connectivity index (χ4v) is 1.70. The molecular formula is C13H21NO2. The van der Waals surface area contributed by atoms with E-state index in [1.807, 2.05) is 12.1 Å². The highest BCUT2D eigenvalue weighted by Gasteiger charge is 2.21. The van der Waals surface area contributed by atoms with Crippen LogP contribution in [0.25, 0.3) is 0 Å². The maximum atomic E-state index is 10.2. The smallest absolute Gasteiger partial charge is 0.122 e. The lowest BCUT2D eigenvalue weighted by molar-refractivity contribution is 0.403. The van der Waals surface area contributed by atoms with Crippen molar-refractivity contribution in [3.8, 4) is 11.5 Å². The van der Waals surface area contributed by atoms with E-state index in [-0.39, 0.29) is 5.41 Å². The van der Waals surface area contributed by atoms with Crippen LogP contribution in [0, 0.1) is 0 Å². The van der Waals surface area contributed by atoms with Gasteiger partial charge in [-0.05, 0) is 36.1 Å². The van der Waals surface area contributed by atoms with E-state index >= 15 is 0 Å². The third-order valence-electron chi connectivity index (χ3n) is 2.62. The molecule has 0 saturated carbocycles. The van der Waals surface area contributed by atoms with E-state index in [9.17, 15) is 5.11 Å². The van der Waals surface area contributed by atoms with Crippen LogP contribution < -0.4 is 10.5 Å². The summed E-state index contributed by atoms with van der Waals surface area (Å²) in [4.78, 5) is 0. The van der Waals surface area contributed by atoms with Crippen molar-refractivity contribution in [1.29, 1.82) is 0 Å². The first-order chi connectivity index (χ1) is 7.40. The molecule has 1 aromatic rings. The fourth-order valence-electron chi connectivity index (χ4n) is 1.70. The maximum absolute atomic E-state index is 10.2. The Morgan fingerprint density at radius 1 is 1.31 bits per heavy atom. The van der Waals surface area contributed by atoms with Gasteiger partial charge in [-0.1, -0.05) is 20.8 Å². The Balaban J connectivity index is 3.31. The van der Waals surface area contributed by atoms with Gasteiger partial charge in [-0.25, -0.2) is 0 Å². The lowest BCUT2D eigenvalue weighted by atomic mass is 9.84. The van der Waals surface area contributed by atoms with E-state index in [0.29, 0.717) is 18.7 Å². The van der Waals surface area contributed by atoms with Gasteiger partial charge in [0.15, 0.2) is 0 Å². The molecule has 1 rings (SSSR count). The van der Waals surface area contributed by atoms with E-state index in [1.165, 1.54) is 0 Å². The van der Waals surface area contributed by atoms with Gasteiger partial charge >= 0.3 is 0 Å². The molecule has 0 unspecified atom stereocenters. The zero-order valence-electron chi connectivity index (χ0n) is 10.5. The Morgan fingerprint density at radius 2 is 1.94 bits per heavy atom. The number of ether oxygens (including phenoxy) is 1. The van der Waals surface area contributed by atoms with Crippen molar-refractivity contribution in [3.05, 3.63) is 23.3 Å². The van der Waals surface area contributed by atoms with Crippen molar-refractivity contribution in [2.75, 3.05) is 13.7 Å². The predicted octanol–water partition coefficient (Wildman–Crippen LogP) is 2.20. The van der Waals surface area contributed by atoms with Gasteiger partial charge in [0.2, 0.25) is 0 Å². The van der Waals surface area contributed by atoms with Crippen molar-refractivity contribution in [3.63, 3.8) is 0 Å². The molecule has 0 aliphatic heterocycles. The van der Waals surface area contributed by atoms with Crippen molar-refractivity contribution in [2.24, 2.45) is 5.73 Å². The number of phenolic OH excluding ortho intramolecular Hbond substituents is 1. The SMILES string of the molecule is COc1cc(CCN)c(O)c(C(C)(C)C)c1. The number of hydrogen-bond acceptors (Lipinski definition) is 3. The van der Waals surface area contributed by atoms with Gasteiger partial charge in [-0.3, -0.25) is 0 Å². The van der Waals surface area contributed by atoms with Crippen LogP contribution >= 0.6 is 0 Å². The molecule has 0 atom stereocenters. The van der Waals surface area contributed by atoms with Crippen LogP contribution in [0.4, 0.5) is 0 Å². The Hall–Kier alpha value is -1.22. The van der Waals surface area contributed by atoms with Crippen molar-refractivity contribution >= 4 is 0 Å². The summed E-state index contributed by atoms with van der Waals surface area (Å²) in [7, 11) is 1.63. The third kappa shape index (κ3) is 2.67. The van der Waals surface area contributed by atoms with Gasteiger partial charge in [0.1, 0.15) is 11.5 Å². The summed E-state index contributed by atoms with van der Waals surface area (Å²) in [5, 5.41) is 10.2. The second-order valence-corrected chi connectivity index (χ2v) is 4.97. The summed E-state index contributed by atoms with van der Waals surface area (Å²) in [6, 6.07) is 3.73. The van der Waals surface area contributed by atoms with Gasteiger partial charge in [0.25, 0.3) is 0 Å². The molecule has 0 aliphatic rings. The summed E-state index contributed by atoms with van der Waals surface area (Å²) in [5.74, 6) is 1.12. The zero-order chi connectivity index (χ0) is 12.3. The number of benzene rings is 1. The number of methoxy groups -OCH3 is 1. The molecule has 0 fully saturated rings. The largest absolute Gasteiger partial charge is 0.507 e. The normalized spacial score (nSPS) is 11.6. The minimum Gasteiger partial charge on any atom is -0.507 e. The highest BCUT2D eigenvalue weighted by Crippen LogP contribution is 2.36. The standard InChI is InChI=1S/C13H21NO2/c1-13(2,3)11-8-10(16-4)7-9(5-6-14)12(11)15/h7-8,15H,5-6,14H2,1-4H3. The van der Waals surface area contributed by atoms with Crippen molar-refractivity contribution in [1.82, 2.24) is 0 Å². The van der Waals surface area contributed by atoms with E-state index in [4.69, 9.17) is 10.5 Å². The van der Waals surface area contributed by atoms with E-state index in [0.717, 1.165) is 16.9 Å². The second-order valence-electron chi connectivity index (χ2n) is 4.97. The highest BCUT2D eigenvalue weighted by molar-refractivity contribution is 5.49. The Morgan fingerprint density at radius 3 is 2.38 bits per heavy atom. The summed E-state index contributed by atoms with van der Waals surface area (Å²) in [5.41, 5.74) is 7.17. The van der Waals surface area contributed by atoms with Crippen LogP contribution in [-0.2, 0) is 11.8 Å². The minimum atomic E-state index is -0.109. The summed E-state index contributed by atoms with van der Waals surface area (Å²) < 4.78 is 5.24. The molecule has 0 bridgehead atoms. The third-order valence-corrected chi connectivity index (χ3v) is 2.62. The van der Waals surface area contributed by atoms with E-state index < -0.39 is 0 Å². The van der Waals surface area contributed by atoms with E-state index in [2.05, 4.69) is 20.8 Å². The first-order valence-corrected chi connectivity index (χ1v) is 5.50. The Bertz CT molecular complexity index is 367. The topological polar surface area (TPSA) is 55.5 Å². The van der Waals surface area contributed by atoms with Gasteiger partial charge < -0.3 is 15.6 Å². The molecule has 0 heterocycles. The van der Waals surface area contributed by atoms with Crippen LogP contribution in [-0.4, -0.2) is 18.8 Å². The summed E-state index contributed by atoms with van der Waals surface area (Å²) >= 11 is 0. The Kier molecular flexibility index (Phi) is 3.81. The van der Waals surface area contributed by atoms with Gasteiger partial charge in [-0.2, -0.15) is 0 Å². The van der Waals surface area contributed by atoms with Crippen molar-refractivity contribution < 1.29 is 9.84 Å². The molecule has 3 nitrogen and oxygen atoms in total.